The highest BCUT2D eigenvalue weighted by Crippen LogP contribution is 2.20. The van der Waals surface area contributed by atoms with Gasteiger partial charge in [-0.15, -0.1) is 0 Å². The summed E-state index contributed by atoms with van der Waals surface area (Å²) in [5.41, 5.74) is 0.427. The van der Waals surface area contributed by atoms with Crippen LogP contribution >= 0.6 is 0 Å². The first-order valence-corrected chi connectivity index (χ1v) is 8.89. The molecule has 2 aromatic rings. The molecule has 0 amide bonds. The molecule has 0 saturated heterocycles. The Morgan fingerprint density at radius 3 is 2.46 bits per heavy atom. The molecule has 2 aromatic heterocycles. The quantitative estimate of drug-likeness (QED) is 0.755. The van der Waals surface area contributed by atoms with Crippen molar-refractivity contribution in [3.8, 4) is 0 Å². The van der Waals surface area contributed by atoms with Crippen LogP contribution in [0.15, 0.2) is 21.7 Å². The van der Waals surface area contributed by atoms with E-state index in [4.69, 9.17) is 0 Å². The van der Waals surface area contributed by atoms with Gasteiger partial charge in [0.1, 0.15) is 11.3 Å². The second kappa shape index (κ2) is 8.13. The lowest BCUT2D eigenvalue weighted by Crippen LogP contribution is -2.40. The molecule has 6 heteroatoms. The summed E-state index contributed by atoms with van der Waals surface area (Å²) in [6.07, 6.45) is 7.64. The first kappa shape index (κ1) is 18.2. The summed E-state index contributed by atoms with van der Waals surface area (Å²) >= 11 is 0. The molecule has 0 spiro atoms. The molecular weight excluding hydrogens is 304 g/mol. The molecule has 0 aliphatic heterocycles. The summed E-state index contributed by atoms with van der Waals surface area (Å²) in [6.45, 7) is 9.07. The number of hydrogen-bond acceptors (Lipinski definition) is 3. The zero-order valence-electron chi connectivity index (χ0n) is 15.1. The van der Waals surface area contributed by atoms with Crippen LogP contribution in [0.4, 0.5) is 0 Å². The fraction of sp³-hybridized carbons (Fsp3) is 0.611. The van der Waals surface area contributed by atoms with E-state index in [1.54, 1.807) is 4.57 Å². The Balaban J connectivity index is 2.57. The first-order chi connectivity index (χ1) is 11.5. The van der Waals surface area contributed by atoms with Crippen molar-refractivity contribution in [2.75, 3.05) is 0 Å². The number of fused-ring (bicyclic) bond motifs is 1. The molecular formula is C18H28N4O2. The smallest absolute Gasteiger partial charge is 0.332 e. The first-order valence-electron chi connectivity index (χ1n) is 8.89. The Hall–Kier alpha value is -2.11. The van der Waals surface area contributed by atoms with Gasteiger partial charge in [0.15, 0.2) is 5.65 Å². The normalized spacial score (nSPS) is 13.2. The van der Waals surface area contributed by atoms with Crippen molar-refractivity contribution in [3.63, 3.8) is 0 Å². The van der Waals surface area contributed by atoms with Gasteiger partial charge in [-0.05, 0) is 32.6 Å². The van der Waals surface area contributed by atoms with E-state index in [0.29, 0.717) is 24.3 Å². The molecule has 2 heterocycles. The van der Waals surface area contributed by atoms with Gasteiger partial charge in [0.25, 0.3) is 5.56 Å². The highest BCUT2D eigenvalue weighted by atomic mass is 16.2. The Labute approximate surface area is 142 Å². The third-order valence-electron chi connectivity index (χ3n) is 4.24. The topological polar surface area (TPSA) is 72.7 Å². The lowest BCUT2D eigenvalue weighted by Gasteiger charge is -2.09. The highest BCUT2D eigenvalue weighted by molar-refractivity contribution is 5.70. The summed E-state index contributed by atoms with van der Waals surface area (Å²) < 4.78 is 2.95. The van der Waals surface area contributed by atoms with Crippen LogP contribution in [0.5, 0.6) is 0 Å². The van der Waals surface area contributed by atoms with E-state index in [1.807, 2.05) is 26.8 Å². The molecule has 1 atom stereocenters. The van der Waals surface area contributed by atoms with Crippen LogP contribution < -0.4 is 11.2 Å². The molecule has 0 aliphatic rings. The maximum Gasteiger partial charge on any atom is 0.332 e. The molecule has 0 saturated carbocycles. The molecule has 0 fully saturated rings. The predicted molar refractivity (Wildman–Crippen MR) is 97.7 cm³/mol. The van der Waals surface area contributed by atoms with Gasteiger partial charge in [0.05, 0.1) is 0 Å². The number of allylic oxidation sites excluding steroid dienone is 2. The van der Waals surface area contributed by atoms with Crippen LogP contribution in [-0.4, -0.2) is 19.1 Å². The van der Waals surface area contributed by atoms with Crippen molar-refractivity contribution in [2.45, 2.75) is 72.4 Å². The van der Waals surface area contributed by atoms with E-state index >= 15 is 0 Å². The molecule has 0 aromatic carbocycles. The minimum absolute atomic E-state index is 0.206. The van der Waals surface area contributed by atoms with E-state index in [-0.39, 0.29) is 17.2 Å². The largest absolute Gasteiger partial charge is 0.336 e. The summed E-state index contributed by atoms with van der Waals surface area (Å²) in [5.74, 6) is 0.989. The SMILES string of the molecule is CC=CCCC(C)c1nc2c([nH]1)c(=O)n(CCC)c(=O)n2CCC. The maximum atomic E-state index is 12.7. The number of nitrogens with one attached hydrogen (secondary N) is 1. The molecule has 132 valence electrons. The molecule has 0 aliphatic carbocycles. The van der Waals surface area contributed by atoms with Crippen LogP contribution in [0, 0.1) is 0 Å². The Kier molecular flexibility index (Phi) is 6.17. The van der Waals surface area contributed by atoms with Crippen molar-refractivity contribution in [1.82, 2.24) is 19.1 Å². The van der Waals surface area contributed by atoms with Crippen molar-refractivity contribution in [3.05, 3.63) is 38.8 Å². The number of aromatic nitrogens is 4. The summed E-state index contributed by atoms with van der Waals surface area (Å²) in [5, 5.41) is 0. The zero-order chi connectivity index (χ0) is 17.7. The number of nitrogens with zero attached hydrogens (tertiary/aromatic N) is 3. The van der Waals surface area contributed by atoms with Gasteiger partial charge in [-0.25, -0.2) is 9.78 Å². The lowest BCUT2D eigenvalue weighted by atomic mass is 10.1. The standard InChI is InChI=1S/C18H28N4O2/c1-5-8-9-10-13(4)15-19-14-16(20-15)21(11-6-2)18(24)22(12-7-3)17(14)23/h5,8,13H,6-7,9-12H2,1-4H3,(H,19,20). The molecule has 2 rings (SSSR count). The van der Waals surface area contributed by atoms with Crippen LogP contribution in [-0.2, 0) is 13.1 Å². The van der Waals surface area contributed by atoms with Gasteiger partial charge in [-0.3, -0.25) is 13.9 Å². The van der Waals surface area contributed by atoms with Gasteiger partial charge in [-0.1, -0.05) is 32.9 Å². The van der Waals surface area contributed by atoms with Crippen LogP contribution in [0.3, 0.4) is 0 Å². The third kappa shape index (κ3) is 3.52. The van der Waals surface area contributed by atoms with Crippen LogP contribution in [0.1, 0.15) is 65.1 Å². The number of rotatable bonds is 8. The summed E-state index contributed by atoms with van der Waals surface area (Å²) in [4.78, 5) is 33.1. The van der Waals surface area contributed by atoms with Gasteiger partial charge in [0, 0.05) is 19.0 Å². The minimum atomic E-state index is -0.261. The van der Waals surface area contributed by atoms with Crippen molar-refractivity contribution >= 4 is 11.2 Å². The summed E-state index contributed by atoms with van der Waals surface area (Å²) in [7, 11) is 0. The molecule has 0 radical (unpaired) electrons. The van der Waals surface area contributed by atoms with E-state index < -0.39 is 0 Å². The van der Waals surface area contributed by atoms with Crippen molar-refractivity contribution < 1.29 is 0 Å². The molecule has 24 heavy (non-hydrogen) atoms. The van der Waals surface area contributed by atoms with Crippen molar-refractivity contribution in [2.24, 2.45) is 0 Å². The second-order valence-corrected chi connectivity index (χ2v) is 6.26. The van der Waals surface area contributed by atoms with Gasteiger partial charge in [-0.2, -0.15) is 0 Å². The average molecular weight is 332 g/mol. The predicted octanol–water partition coefficient (Wildman–Crippen LogP) is 3.17. The van der Waals surface area contributed by atoms with Gasteiger partial charge >= 0.3 is 5.69 Å². The molecule has 6 nitrogen and oxygen atoms in total. The molecule has 0 bridgehead atoms. The van der Waals surface area contributed by atoms with Crippen LogP contribution in [0.2, 0.25) is 0 Å². The Bertz CT molecular complexity index is 826. The van der Waals surface area contributed by atoms with E-state index in [1.165, 1.54) is 4.57 Å². The Morgan fingerprint density at radius 2 is 1.83 bits per heavy atom. The minimum Gasteiger partial charge on any atom is -0.336 e. The molecule has 1 N–H and O–H groups in total. The fourth-order valence-electron chi connectivity index (χ4n) is 2.91. The van der Waals surface area contributed by atoms with Crippen molar-refractivity contribution in [1.29, 1.82) is 0 Å². The zero-order valence-corrected chi connectivity index (χ0v) is 15.1. The van der Waals surface area contributed by atoms with E-state index in [9.17, 15) is 9.59 Å². The number of aryl methyl sites for hydroxylation is 1. The number of hydrogen-bond donors (Lipinski definition) is 1. The third-order valence-corrected chi connectivity index (χ3v) is 4.24. The Morgan fingerprint density at radius 1 is 1.17 bits per heavy atom. The monoisotopic (exact) mass is 332 g/mol. The average Bonchev–Trinajstić information content (AvgIpc) is 3.01. The highest BCUT2D eigenvalue weighted by Gasteiger charge is 2.18. The van der Waals surface area contributed by atoms with E-state index in [2.05, 4.69) is 23.0 Å². The number of aromatic amines is 1. The van der Waals surface area contributed by atoms with Gasteiger partial charge in [0.2, 0.25) is 0 Å². The maximum absolute atomic E-state index is 12.7. The van der Waals surface area contributed by atoms with E-state index in [0.717, 1.165) is 31.5 Å². The second-order valence-electron chi connectivity index (χ2n) is 6.26. The lowest BCUT2D eigenvalue weighted by molar-refractivity contribution is 0.555. The molecule has 1 unspecified atom stereocenters. The van der Waals surface area contributed by atoms with Gasteiger partial charge < -0.3 is 4.98 Å². The number of imidazole rings is 1. The van der Waals surface area contributed by atoms with Crippen LogP contribution in [0.25, 0.3) is 11.2 Å². The fourth-order valence-corrected chi connectivity index (χ4v) is 2.91. The number of H-pyrrole nitrogens is 1. The summed E-state index contributed by atoms with van der Waals surface area (Å²) in [6, 6.07) is 0.